The molecule has 1 aliphatic heterocycles. The first-order chi connectivity index (χ1) is 16.1. The van der Waals surface area contributed by atoms with E-state index in [1.165, 1.54) is 0 Å². The smallest absolute Gasteiger partial charge is 0.323 e. The molecular weight excluding hydrogens is 418 g/mol. The Morgan fingerprint density at radius 2 is 1.33 bits per heavy atom. The van der Waals surface area contributed by atoms with Gasteiger partial charge in [-0.15, -0.1) is 0 Å². The number of pyridine rings is 1. The second-order valence-electron chi connectivity index (χ2n) is 7.69. The van der Waals surface area contributed by atoms with Gasteiger partial charge < -0.3 is 20.4 Å². The molecule has 1 aliphatic rings. The average molecular weight is 444 g/mol. The standard InChI is InChI=1S/C25H25N5O3/c31-23(18-22-8-4-5-13-26-22)29-14-16-30(17-15-29)24(32)19-9-11-21(12-10-19)28-25(33)27-20-6-2-1-3-7-20/h1-13H,14-18H2,(H2,27,28,33). The number of carbonyl (C=O) groups is 3. The minimum atomic E-state index is -0.355. The van der Waals surface area contributed by atoms with E-state index in [4.69, 9.17) is 0 Å². The molecular formula is C25H25N5O3. The fourth-order valence-corrected chi connectivity index (χ4v) is 3.62. The summed E-state index contributed by atoms with van der Waals surface area (Å²) in [6.45, 7) is 1.95. The van der Waals surface area contributed by atoms with Gasteiger partial charge >= 0.3 is 6.03 Å². The number of nitrogens with one attached hydrogen (secondary N) is 2. The molecule has 1 saturated heterocycles. The largest absolute Gasteiger partial charge is 0.339 e. The number of anilines is 2. The van der Waals surface area contributed by atoms with Crippen LogP contribution >= 0.6 is 0 Å². The average Bonchev–Trinajstić information content (AvgIpc) is 2.85. The number of para-hydroxylation sites is 1. The predicted octanol–water partition coefficient (Wildman–Crippen LogP) is 3.25. The molecule has 168 valence electrons. The first-order valence-electron chi connectivity index (χ1n) is 10.8. The summed E-state index contributed by atoms with van der Waals surface area (Å²) < 4.78 is 0. The highest BCUT2D eigenvalue weighted by Crippen LogP contribution is 2.15. The van der Waals surface area contributed by atoms with Gasteiger partial charge in [-0.1, -0.05) is 24.3 Å². The molecule has 0 aliphatic carbocycles. The number of benzene rings is 2. The van der Waals surface area contributed by atoms with Crippen molar-refractivity contribution in [2.24, 2.45) is 0 Å². The number of hydrogen-bond donors (Lipinski definition) is 2. The topological polar surface area (TPSA) is 94.6 Å². The fourth-order valence-electron chi connectivity index (χ4n) is 3.62. The lowest BCUT2D eigenvalue weighted by Crippen LogP contribution is -2.51. The molecule has 0 saturated carbocycles. The van der Waals surface area contributed by atoms with Crippen LogP contribution in [0.2, 0.25) is 0 Å². The normalized spacial score (nSPS) is 13.3. The van der Waals surface area contributed by atoms with Crippen molar-refractivity contribution >= 4 is 29.2 Å². The molecule has 3 aromatic rings. The Morgan fingerprint density at radius 3 is 1.97 bits per heavy atom. The van der Waals surface area contributed by atoms with E-state index < -0.39 is 0 Å². The minimum absolute atomic E-state index is 0.0185. The van der Waals surface area contributed by atoms with Gasteiger partial charge in [-0.3, -0.25) is 14.6 Å². The maximum Gasteiger partial charge on any atom is 0.323 e. The second-order valence-corrected chi connectivity index (χ2v) is 7.69. The Bertz CT molecular complexity index is 1100. The van der Waals surface area contributed by atoms with E-state index in [2.05, 4.69) is 15.6 Å². The molecule has 1 aromatic heterocycles. The van der Waals surface area contributed by atoms with Crippen LogP contribution in [-0.2, 0) is 11.2 Å². The van der Waals surface area contributed by atoms with Crippen molar-refractivity contribution in [2.75, 3.05) is 36.8 Å². The Hall–Kier alpha value is -4.20. The lowest BCUT2D eigenvalue weighted by Gasteiger charge is -2.34. The van der Waals surface area contributed by atoms with Crippen LogP contribution < -0.4 is 10.6 Å². The molecule has 0 spiro atoms. The summed E-state index contributed by atoms with van der Waals surface area (Å²) in [6.07, 6.45) is 1.94. The van der Waals surface area contributed by atoms with E-state index in [0.717, 1.165) is 5.69 Å². The first-order valence-corrected chi connectivity index (χ1v) is 10.8. The maximum atomic E-state index is 12.9. The second kappa shape index (κ2) is 10.4. The van der Waals surface area contributed by atoms with Crippen molar-refractivity contribution in [1.82, 2.24) is 14.8 Å². The van der Waals surface area contributed by atoms with Crippen molar-refractivity contribution in [1.29, 1.82) is 0 Å². The summed E-state index contributed by atoms with van der Waals surface area (Å²) >= 11 is 0. The zero-order valence-electron chi connectivity index (χ0n) is 18.1. The van der Waals surface area contributed by atoms with Crippen LogP contribution in [0.15, 0.2) is 79.0 Å². The predicted molar refractivity (Wildman–Crippen MR) is 126 cm³/mol. The molecule has 2 heterocycles. The van der Waals surface area contributed by atoms with Gasteiger partial charge in [-0.05, 0) is 48.5 Å². The van der Waals surface area contributed by atoms with Gasteiger partial charge in [0.25, 0.3) is 5.91 Å². The maximum absolute atomic E-state index is 12.9. The molecule has 2 aromatic carbocycles. The lowest BCUT2D eigenvalue weighted by atomic mass is 10.1. The number of carbonyl (C=O) groups excluding carboxylic acids is 3. The van der Waals surface area contributed by atoms with Gasteiger partial charge in [0.15, 0.2) is 0 Å². The summed E-state index contributed by atoms with van der Waals surface area (Å²) in [4.78, 5) is 45.2. The van der Waals surface area contributed by atoms with Gasteiger partial charge in [-0.2, -0.15) is 0 Å². The van der Waals surface area contributed by atoms with Crippen LogP contribution in [0.5, 0.6) is 0 Å². The van der Waals surface area contributed by atoms with Gasteiger partial charge in [0.2, 0.25) is 5.91 Å². The summed E-state index contributed by atoms with van der Waals surface area (Å²) in [6, 6.07) is 21.1. The molecule has 2 N–H and O–H groups in total. The summed E-state index contributed by atoms with van der Waals surface area (Å²) in [5, 5.41) is 5.50. The first kappa shape index (κ1) is 22.0. The van der Waals surface area contributed by atoms with Crippen molar-refractivity contribution in [3.63, 3.8) is 0 Å². The van der Waals surface area contributed by atoms with Gasteiger partial charge in [0, 0.05) is 55.0 Å². The summed E-state index contributed by atoms with van der Waals surface area (Å²) in [7, 11) is 0. The molecule has 1 fully saturated rings. The molecule has 0 unspecified atom stereocenters. The Balaban J connectivity index is 1.26. The third-order valence-corrected chi connectivity index (χ3v) is 5.40. The molecule has 0 radical (unpaired) electrons. The van der Waals surface area contributed by atoms with Gasteiger partial charge in [-0.25, -0.2) is 4.79 Å². The molecule has 4 rings (SSSR count). The van der Waals surface area contributed by atoms with E-state index in [9.17, 15) is 14.4 Å². The number of nitrogens with zero attached hydrogens (tertiary/aromatic N) is 3. The fraction of sp³-hybridized carbons (Fsp3) is 0.200. The Morgan fingerprint density at radius 1 is 0.727 bits per heavy atom. The van der Waals surface area contributed by atoms with Crippen LogP contribution in [0, 0.1) is 0 Å². The zero-order valence-corrected chi connectivity index (χ0v) is 18.1. The lowest BCUT2D eigenvalue weighted by molar-refractivity contribution is -0.132. The van der Waals surface area contributed by atoms with Crippen LogP contribution in [0.25, 0.3) is 0 Å². The SMILES string of the molecule is O=C(Nc1ccccc1)Nc1ccc(C(=O)N2CCN(C(=O)Cc3ccccn3)CC2)cc1. The minimum Gasteiger partial charge on any atom is -0.339 e. The highest BCUT2D eigenvalue weighted by atomic mass is 16.2. The van der Waals surface area contributed by atoms with Gasteiger partial charge in [0.1, 0.15) is 0 Å². The zero-order chi connectivity index (χ0) is 23.0. The third kappa shape index (κ3) is 5.94. The highest BCUT2D eigenvalue weighted by molar-refractivity contribution is 6.00. The van der Waals surface area contributed by atoms with E-state index in [1.54, 1.807) is 52.4 Å². The molecule has 8 nitrogen and oxygen atoms in total. The van der Waals surface area contributed by atoms with Crippen LogP contribution in [-0.4, -0.2) is 58.8 Å². The van der Waals surface area contributed by atoms with Gasteiger partial charge in [0.05, 0.1) is 6.42 Å². The molecule has 0 bridgehead atoms. The molecule has 0 atom stereocenters. The Labute approximate surface area is 192 Å². The number of hydrogen-bond acceptors (Lipinski definition) is 4. The highest BCUT2D eigenvalue weighted by Gasteiger charge is 2.25. The molecule has 4 amide bonds. The van der Waals surface area contributed by atoms with E-state index in [0.29, 0.717) is 43.1 Å². The summed E-state index contributed by atoms with van der Waals surface area (Å²) in [5.41, 5.74) is 2.56. The van der Waals surface area contributed by atoms with Crippen molar-refractivity contribution < 1.29 is 14.4 Å². The van der Waals surface area contributed by atoms with E-state index >= 15 is 0 Å². The Kier molecular flexibility index (Phi) is 6.94. The van der Waals surface area contributed by atoms with Crippen molar-refractivity contribution in [2.45, 2.75) is 6.42 Å². The number of urea groups is 1. The van der Waals surface area contributed by atoms with Crippen LogP contribution in [0.1, 0.15) is 16.1 Å². The van der Waals surface area contributed by atoms with Crippen LogP contribution in [0.4, 0.5) is 16.2 Å². The number of aromatic nitrogens is 1. The molecule has 8 heteroatoms. The van der Waals surface area contributed by atoms with E-state index in [-0.39, 0.29) is 24.3 Å². The van der Waals surface area contributed by atoms with Crippen LogP contribution in [0.3, 0.4) is 0 Å². The number of amides is 4. The third-order valence-electron chi connectivity index (χ3n) is 5.40. The van der Waals surface area contributed by atoms with Crippen molar-refractivity contribution in [3.05, 3.63) is 90.3 Å². The number of piperazine rings is 1. The monoisotopic (exact) mass is 443 g/mol. The summed E-state index contributed by atoms with van der Waals surface area (Å²) in [5.74, 6) is -0.0721. The van der Waals surface area contributed by atoms with Crippen molar-refractivity contribution in [3.8, 4) is 0 Å². The quantitative estimate of drug-likeness (QED) is 0.633. The number of rotatable bonds is 5. The molecule has 33 heavy (non-hydrogen) atoms. The van der Waals surface area contributed by atoms with E-state index in [1.807, 2.05) is 36.4 Å².